The Kier molecular flexibility index (Phi) is 5.74. The molecule has 1 amide bonds. The molecule has 0 radical (unpaired) electrons. The lowest BCUT2D eigenvalue weighted by molar-refractivity contribution is -0.116. The summed E-state index contributed by atoms with van der Waals surface area (Å²) in [4.78, 5) is 18.0. The second-order valence-electron chi connectivity index (χ2n) is 6.72. The van der Waals surface area contributed by atoms with Crippen molar-refractivity contribution in [3.05, 3.63) is 53.4 Å². The molecule has 0 unspecified atom stereocenters. The van der Waals surface area contributed by atoms with Gasteiger partial charge in [0, 0.05) is 12.0 Å². The lowest BCUT2D eigenvalue weighted by atomic mass is 10.1. The predicted molar refractivity (Wildman–Crippen MR) is 115 cm³/mol. The molecular weight excluding hydrogens is 424 g/mol. The second-order valence-corrected chi connectivity index (χ2v) is 9.91. The first kappa shape index (κ1) is 20.4. The Bertz CT molecular complexity index is 1170. The van der Waals surface area contributed by atoms with E-state index >= 15 is 0 Å². The second kappa shape index (κ2) is 8.45. The minimum atomic E-state index is -3.45. The van der Waals surface area contributed by atoms with Crippen molar-refractivity contribution in [1.29, 1.82) is 0 Å². The van der Waals surface area contributed by atoms with E-state index in [2.05, 4.69) is 10.3 Å². The van der Waals surface area contributed by atoms with E-state index in [-0.39, 0.29) is 29.4 Å². The van der Waals surface area contributed by atoms with E-state index in [0.29, 0.717) is 17.5 Å². The van der Waals surface area contributed by atoms with Crippen LogP contribution in [0.15, 0.2) is 53.4 Å². The molecule has 0 bridgehead atoms. The minimum absolute atomic E-state index is 0.0900. The maximum atomic E-state index is 12.4. The molecule has 0 atom stereocenters. The highest BCUT2D eigenvalue weighted by molar-refractivity contribution is 7.91. The van der Waals surface area contributed by atoms with Crippen LogP contribution in [0, 0.1) is 0 Å². The molecule has 1 aromatic heterocycles. The van der Waals surface area contributed by atoms with Crippen LogP contribution in [-0.4, -0.2) is 32.2 Å². The Hall–Kier alpha value is -2.91. The Morgan fingerprint density at radius 1 is 1.20 bits per heavy atom. The molecule has 7 nitrogen and oxygen atoms in total. The zero-order valence-corrected chi connectivity index (χ0v) is 17.9. The van der Waals surface area contributed by atoms with E-state index in [1.54, 1.807) is 12.1 Å². The largest absolute Gasteiger partial charge is 0.497 e. The average molecular weight is 445 g/mol. The van der Waals surface area contributed by atoms with E-state index in [4.69, 9.17) is 9.47 Å². The van der Waals surface area contributed by atoms with Crippen molar-refractivity contribution < 1.29 is 22.7 Å². The Morgan fingerprint density at radius 3 is 2.73 bits per heavy atom. The number of nitrogens with zero attached hydrogens (tertiary/aromatic N) is 1. The molecule has 9 heteroatoms. The third kappa shape index (κ3) is 4.31. The number of thiazole rings is 1. The minimum Gasteiger partial charge on any atom is -0.497 e. The third-order valence-corrected chi connectivity index (χ3v) is 7.44. The number of fused-ring (bicyclic) bond motifs is 3. The van der Waals surface area contributed by atoms with Gasteiger partial charge in [-0.1, -0.05) is 23.5 Å². The summed E-state index contributed by atoms with van der Waals surface area (Å²) < 4.78 is 35.6. The van der Waals surface area contributed by atoms with Crippen molar-refractivity contribution in [2.75, 3.05) is 18.2 Å². The summed E-state index contributed by atoms with van der Waals surface area (Å²) in [6.45, 7) is 0.417. The number of hydrogen-bond donors (Lipinski definition) is 1. The van der Waals surface area contributed by atoms with Crippen LogP contribution in [0.5, 0.6) is 11.5 Å². The van der Waals surface area contributed by atoms with Crippen LogP contribution in [0.25, 0.3) is 11.3 Å². The molecule has 0 fully saturated rings. The standard InChI is InChI=1S/C21H20N2O5S2/c1-27-14-8-10-15(11-9-14)30(25,26)12-4-7-19(24)22-21-23-20-16-5-2-3-6-17(16)28-13-18(20)29-21/h2-3,5-6,8-11H,4,7,12-13H2,1H3,(H,22,23,24). The van der Waals surface area contributed by atoms with Gasteiger partial charge in [0.2, 0.25) is 5.91 Å². The van der Waals surface area contributed by atoms with Gasteiger partial charge in [-0.2, -0.15) is 0 Å². The zero-order valence-electron chi connectivity index (χ0n) is 16.3. The molecule has 0 saturated heterocycles. The normalized spacial score (nSPS) is 12.4. The highest BCUT2D eigenvalue weighted by Crippen LogP contribution is 2.40. The number of rotatable bonds is 7. The number of carbonyl (C=O) groups excluding carboxylic acids is 1. The third-order valence-electron chi connectivity index (χ3n) is 4.68. The number of para-hydroxylation sites is 1. The van der Waals surface area contributed by atoms with Crippen molar-refractivity contribution in [2.24, 2.45) is 0 Å². The van der Waals surface area contributed by atoms with Gasteiger partial charge in [0.25, 0.3) is 0 Å². The van der Waals surface area contributed by atoms with E-state index in [1.807, 2.05) is 24.3 Å². The van der Waals surface area contributed by atoms with Crippen molar-refractivity contribution in [1.82, 2.24) is 4.98 Å². The summed E-state index contributed by atoms with van der Waals surface area (Å²) in [5.41, 5.74) is 1.72. The summed E-state index contributed by atoms with van der Waals surface area (Å²) in [7, 11) is -1.93. The van der Waals surface area contributed by atoms with Gasteiger partial charge < -0.3 is 14.8 Å². The van der Waals surface area contributed by atoms with Crippen molar-refractivity contribution in [2.45, 2.75) is 24.3 Å². The van der Waals surface area contributed by atoms with E-state index in [1.165, 1.54) is 30.6 Å². The number of amides is 1. The maximum Gasteiger partial charge on any atom is 0.226 e. The fraction of sp³-hybridized carbons (Fsp3) is 0.238. The number of anilines is 1. The van der Waals surface area contributed by atoms with Crippen LogP contribution in [0.2, 0.25) is 0 Å². The van der Waals surface area contributed by atoms with Gasteiger partial charge in [0.15, 0.2) is 15.0 Å². The first-order valence-electron chi connectivity index (χ1n) is 9.35. The van der Waals surface area contributed by atoms with Gasteiger partial charge in [0.1, 0.15) is 18.1 Å². The summed E-state index contributed by atoms with van der Waals surface area (Å²) in [6, 6.07) is 13.9. The quantitative estimate of drug-likeness (QED) is 0.594. The number of sulfone groups is 1. The van der Waals surface area contributed by atoms with Crippen molar-refractivity contribution >= 4 is 32.2 Å². The van der Waals surface area contributed by atoms with E-state index in [0.717, 1.165) is 21.9 Å². The molecule has 4 rings (SSSR count). The van der Waals surface area contributed by atoms with E-state index in [9.17, 15) is 13.2 Å². The van der Waals surface area contributed by atoms with Gasteiger partial charge in [0.05, 0.1) is 28.3 Å². The lowest BCUT2D eigenvalue weighted by Gasteiger charge is -2.15. The molecule has 156 valence electrons. The maximum absolute atomic E-state index is 12.4. The summed E-state index contributed by atoms with van der Waals surface area (Å²) in [6.07, 6.45) is 0.309. The SMILES string of the molecule is COc1ccc(S(=O)(=O)CCCC(=O)Nc2nc3c(s2)COc2ccccc2-3)cc1. The van der Waals surface area contributed by atoms with Crippen LogP contribution in [0.4, 0.5) is 5.13 Å². The van der Waals surface area contributed by atoms with Crippen LogP contribution in [0.3, 0.4) is 0 Å². The topological polar surface area (TPSA) is 94.6 Å². The molecule has 30 heavy (non-hydrogen) atoms. The van der Waals surface area contributed by atoms with Crippen LogP contribution < -0.4 is 14.8 Å². The first-order chi connectivity index (χ1) is 14.5. The molecule has 0 saturated carbocycles. The van der Waals surface area contributed by atoms with E-state index < -0.39 is 9.84 Å². The monoisotopic (exact) mass is 444 g/mol. The number of aromatic nitrogens is 1. The highest BCUT2D eigenvalue weighted by Gasteiger charge is 2.22. The summed E-state index contributed by atoms with van der Waals surface area (Å²) >= 11 is 1.37. The number of methoxy groups -OCH3 is 1. The smallest absolute Gasteiger partial charge is 0.226 e. The number of benzene rings is 2. The zero-order chi connectivity index (χ0) is 21.1. The molecule has 0 aliphatic carbocycles. The fourth-order valence-corrected chi connectivity index (χ4v) is 5.37. The lowest BCUT2D eigenvalue weighted by Crippen LogP contribution is -2.14. The average Bonchev–Trinajstić information content (AvgIpc) is 3.16. The van der Waals surface area contributed by atoms with Crippen LogP contribution >= 0.6 is 11.3 Å². The number of hydrogen-bond acceptors (Lipinski definition) is 7. The number of carbonyl (C=O) groups is 1. The Balaban J connectivity index is 1.34. The van der Waals surface area contributed by atoms with Gasteiger partial charge in [-0.3, -0.25) is 4.79 Å². The number of ether oxygens (including phenoxy) is 2. The van der Waals surface area contributed by atoms with Gasteiger partial charge in [-0.15, -0.1) is 0 Å². The first-order valence-corrected chi connectivity index (χ1v) is 11.8. The molecule has 3 aromatic rings. The molecule has 1 N–H and O–H groups in total. The summed E-state index contributed by atoms with van der Waals surface area (Å²) in [5.74, 6) is 0.993. The van der Waals surface area contributed by atoms with Gasteiger partial charge >= 0.3 is 0 Å². The fourth-order valence-electron chi connectivity index (χ4n) is 3.15. The molecule has 0 spiro atoms. The molecule has 1 aliphatic rings. The molecule has 2 heterocycles. The predicted octanol–water partition coefficient (Wildman–Crippen LogP) is 3.90. The Morgan fingerprint density at radius 2 is 1.97 bits per heavy atom. The Labute approximate surface area is 178 Å². The molecule has 2 aromatic carbocycles. The van der Waals surface area contributed by atoms with Crippen molar-refractivity contribution in [3.8, 4) is 22.8 Å². The number of nitrogens with one attached hydrogen (secondary N) is 1. The van der Waals surface area contributed by atoms with Crippen molar-refractivity contribution in [3.63, 3.8) is 0 Å². The van der Waals surface area contributed by atoms with Gasteiger partial charge in [-0.05, 0) is 42.8 Å². The van der Waals surface area contributed by atoms with Gasteiger partial charge in [-0.25, -0.2) is 13.4 Å². The van der Waals surface area contributed by atoms with Crippen LogP contribution in [0.1, 0.15) is 17.7 Å². The van der Waals surface area contributed by atoms with Crippen LogP contribution in [-0.2, 0) is 21.2 Å². The molecule has 1 aliphatic heterocycles. The summed E-state index contributed by atoms with van der Waals surface area (Å²) in [5, 5.41) is 3.26. The highest BCUT2D eigenvalue weighted by atomic mass is 32.2. The molecular formula is C21H20N2O5S2.